The minimum absolute atomic E-state index is 0.254. The minimum atomic E-state index is -5.09. The molecule has 0 aromatic carbocycles. The lowest BCUT2D eigenvalue weighted by Crippen LogP contribution is -2.61. The van der Waals surface area contributed by atoms with Gasteiger partial charge in [0.15, 0.2) is 6.29 Å². The molecule has 0 aliphatic carbocycles. The number of aliphatic hydroxyl groups is 4. The molecular weight excluding hydrogens is 991 g/mol. The van der Waals surface area contributed by atoms with Gasteiger partial charge in [0.1, 0.15) is 24.4 Å². The summed E-state index contributed by atoms with van der Waals surface area (Å²) in [5.74, 6) is -0.254. The number of nitrogens with one attached hydrogen (secondary N) is 1. The second-order valence-electron chi connectivity index (χ2n) is 23.4. The van der Waals surface area contributed by atoms with E-state index in [0.29, 0.717) is 6.42 Å². The summed E-state index contributed by atoms with van der Waals surface area (Å²) in [5.41, 5.74) is 0. The van der Waals surface area contributed by atoms with Gasteiger partial charge in [0.2, 0.25) is 5.91 Å². The average molecular weight is 1120 g/mol. The Morgan fingerprint density at radius 2 is 0.818 bits per heavy atom. The van der Waals surface area contributed by atoms with Crippen LogP contribution in [0.25, 0.3) is 0 Å². The van der Waals surface area contributed by atoms with Crippen LogP contribution >= 0.6 is 0 Å². The second-order valence-corrected chi connectivity index (χ2v) is 24.5. The van der Waals surface area contributed by atoms with Gasteiger partial charge in [-0.2, -0.15) is 8.42 Å². The molecule has 1 fully saturated rings. The summed E-state index contributed by atoms with van der Waals surface area (Å²) in [5, 5.41) is 45.0. The molecule has 458 valence electrons. The molecule has 1 saturated heterocycles. The fourth-order valence-corrected chi connectivity index (χ4v) is 11.5. The maximum absolute atomic E-state index is 13.2. The van der Waals surface area contributed by atoms with Crippen LogP contribution in [0.2, 0.25) is 0 Å². The van der Waals surface area contributed by atoms with Crippen LogP contribution in [-0.2, 0) is 28.9 Å². The first-order valence-corrected chi connectivity index (χ1v) is 34.4. The van der Waals surface area contributed by atoms with E-state index in [1.165, 1.54) is 270 Å². The number of carbonyl (C=O) groups is 1. The highest BCUT2D eigenvalue weighted by Gasteiger charge is 2.48. The van der Waals surface area contributed by atoms with Gasteiger partial charge in [-0.05, 0) is 19.3 Å². The summed E-state index contributed by atoms with van der Waals surface area (Å²) in [4.78, 5) is 13.2. The summed E-state index contributed by atoms with van der Waals surface area (Å²) >= 11 is 0. The standard InChI is InChI=1S/C64H125NO11S/c1-3-5-7-9-11-13-15-17-19-21-22-23-24-25-26-27-28-29-30-31-32-33-34-35-36-38-40-42-44-46-48-50-52-54-60(68)65-57(56-74-64-62(70)63(76-77(71,72)73)61(69)59(55-66)75-64)58(67)53-51-49-47-45-43-41-39-37-20-18-16-14-12-10-8-6-4-2/h51,53,57-59,61-64,66-67,69-70H,3-50,52,54-56H2,1-2H3,(H,65,68)(H,71,72,73)/b53-51+. The van der Waals surface area contributed by atoms with Gasteiger partial charge in [-0.1, -0.05) is 321 Å². The Labute approximate surface area is 474 Å². The van der Waals surface area contributed by atoms with Crippen LogP contribution in [0.3, 0.4) is 0 Å². The van der Waals surface area contributed by atoms with Gasteiger partial charge < -0.3 is 35.2 Å². The van der Waals surface area contributed by atoms with Gasteiger partial charge >= 0.3 is 10.4 Å². The Morgan fingerprint density at radius 1 is 0.506 bits per heavy atom. The third kappa shape index (κ3) is 46.1. The first kappa shape index (κ1) is 73.9. The maximum atomic E-state index is 13.2. The number of allylic oxidation sites excluding steroid dienone is 1. The van der Waals surface area contributed by atoms with Crippen molar-refractivity contribution in [3.8, 4) is 0 Å². The zero-order chi connectivity index (χ0) is 56.1. The third-order valence-electron chi connectivity index (χ3n) is 16.1. The number of carbonyl (C=O) groups excluding carboxylic acids is 1. The molecule has 6 N–H and O–H groups in total. The number of ether oxygens (including phenoxy) is 2. The van der Waals surface area contributed by atoms with E-state index >= 15 is 0 Å². The molecule has 0 aromatic heterocycles. The Morgan fingerprint density at radius 3 is 1.13 bits per heavy atom. The highest BCUT2D eigenvalue weighted by molar-refractivity contribution is 7.80. The number of hydrogen-bond donors (Lipinski definition) is 6. The first-order valence-electron chi connectivity index (χ1n) is 33.1. The average Bonchev–Trinajstić information content (AvgIpc) is 3.41. The van der Waals surface area contributed by atoms with Crippen LogP contribution in [0, 0.1) is 0 Å². The Balaban J connectivity index is 2.21. The van der Waals surface area contributed by atoms with Gasteiger partial charge in [-0.15, -0.1) is 0 Å². The third-order valence-corrected chi connectivity index (χ3v) is 16.5. The van der Waals surface area contributed by atoms with Gasteiger partial charge in [-0.3, -0.25) is 9.35 Å². The lowest BCUT2D eigenvalue weighted by atomic mass is 9.99. The van der Waals surface area contributed by atoms with Crippen LogP contribution in [-0.4, -0.2) is 95.4 Å². The van der Waals surface area contributed by atoms with Crippen molar-refractivity contribution in [1.29, 1.82) is 0 Å². The molecule has 1 rings (SSSR count). The van der Waals surface area contributed by atoms with Crippen LogP contribution in [0.1, 0.15) is 335 Å². The molecule has 0 radical (unpaired) electrons. The van der Waals surface area contributed by atoms with E-state index in [-0.39, 0.29) is 18.9 Å². The number of hydrogen-bond acceptors (Lipinski definition) is 10. The Kier molecular flexibility index (Phi) is 51.9. The lowest BCUT2D eigenvalue weighted by molar-refractivity contribution is -0.298. The molecule has 77 heavy (non-hydrogen) atoms. The van der Waals surface area contributed by atoms with E-state index in [4.69, 9.17) is 9.47 Å². The fraction of sp³-hybridized carbons (Fsp3) is 0.953. The van der Waals surface area contributed by atoms with Crippen molar-refractivity contribution in [1.82, 2.24) is 5.32 Å². The minimum Gasteiger partial charge on any atom is -0.394 e. The number of amides is 1. The number of aliphatic hydroxyl groups excluding tert-OH is 4. The zero-order valence-electron chi connectivity index (χ0n) is 50.1. The van der Waals surface area contributed by atoms with Crippen molar-refractivity contribution >= 4 is 16.3 Å². The van der Waals surface area contributed by atoms with Crippen molar-refractivity contribution in [3.05, 3.63) is 12.2 Å². The predicted molar refractivity (Wildman–Crippen MR) is 319 cm³/mol. The highest BCUT2D eigenvalue weighted by atomic mass is 32.3. The molecule has 1 amide bonds. The first-order chi connectivity index (χ1) is 37.5. The molecule has 0 saturated carbocycles. The molecule has 7 atom stereocenters. The summed E-state index contributed by atoms with van der Waals surface area (Å²) in [6.45, 7) is 3.45. The van der Waals surface area contributed by atoms with Crippen molar-refractivity contribution in [2.24, 2.45) is 0 Å². The van der Waals surface area contributed by atoms with Crippen LogP contribution < -0.4 is 5.32 Å². The lowest BCUT2D eigenvalue weighted by Gasteiger charge is -2.41. The van der Waals surface area contributed by atoms with Crippen molar-refractivity contribution in [3.63, 3.8) is 0 Å². The van der Waals surface area contributed by atoms with Gasteiger partial charge in [0.25, 0.3) is 0 Å². The van der Waals surface area contributed by atoms with Gasteiger partial charge in [0.05, 0.1) is 25.4 Å². The fourth-order valence-electron chi connectivity index (χ4n) is 11.0. The molecule has 0 aromatic rings. The largest absolute Gasteiger partial charge is 0.397 e. The van der Waals surface area contributed by atoms with Crippen LogP contribution in [0.4, 0.5) is 0 Å². The normalized spacial score (nSPS) is 18.9. The summed E-state index contributed by atoms with van der Waals surface area (Å²) in [6, 6.07) is -0.941. The van der Waals surface area contributed by atoms with E-state index in [9.17, 15) is 38.2 Å². The molecule has 0 bridgehead atoms. The van der Waals surface area contributed by atoms with E-state index < -0.39 is 59.9 Å². The molecule has 1 aliphatic heterocycles. The predicted octanol–water partition coefficient (Wildman–Crippen LogP) is 16.6. The molecule has 13 heteroatoms. The smallest absolute Gasteiger partial charge is 0.394 e. The van der Waals surface area contributed by atoms with E-state index in [1.807, 2.05) is 6.08 Å². The Hall–Kier alpha value is -1.16. The summed E-state index contributed by atoms with van der Waals surface area (Å²) in [6.07, 6.45) is 58.6. The van der Waals surface area contributed by atoms with E-state index in [1.54, 1.807) is 6.08 Å². The SMILES string of the molecule is CCCCCCCCCCCCCCCCC/C=C/C(O)C(COC1OC(CO)C(O)C(OS(=O)(=O)O)C1O)NC(=O)CCCCCCCCCCCCCCCCCCCCCCCCCCCCCCCCCCC. The summed E-state index contributed by atoms with van der Waals surface area (Å²) < 4.78 is 47.9. The summed E-state index contributed by atoms with van der Waals surface area (Å²) in [7, 11) is -5.09. The highest BCUT2D eigenvalue weighted by Crippen LogP contribution is 2.26. The number of unbranched alkanes of at least 4 members (excludes halogenated alkanes) is 47. The van der Waals surface area contributed by atoms with E-state index in [2.05, 4.69) is 23.3 Å². The maximum Gasteiger partial charge on any atom is 0.397 e. The molecular formula is C64H125NO11S. The quantitative estimate of drug-likeness (QED) is 0.0193. The Bertz CT molecular complexity index is 1400. The van der Waals surface area contributed by atoms with E-state index in [0.717, 1.165) is 38.5 Å². The van der Waals surface area contributed by atoms with Gasteiger partial charge in [0, 0.05) is 6.42 Å². The van der Waals surface area contributed by atoms with Crippen molar-refractivity contribution in [2.75, 3.05) is 13.2 Å². The monoisotopic (exact) mass is 1120 g/mol. The molecule has 1 heterocycles. The van der Waals surface area contributed by atoms with Crippen molar-refractivity contribution in [2.45, 2.75) is 378 Å². The topological polar surface area (TPSA) is 192 Å². The van der Waals surface area contributed by atoms with Crippen LogP contribution in [0.15, 0.2) is 12.2 Å². The van der Waals surface area contributed by atoms with Crippen LogP contribution in [0.5, 0.6) is 0 Å². The molecule has 1 aliphatic rings. The van der Waals surface area contributed by atoms with Crippen molar-refractivity contribution < 1.29 is 51.8 Å². The molecule has 7 unspecified atom stereocenters. The second kappa shape index (κ2) is 54.1. The van der Waals surface area contributed by atoms with Gasteiger partial charge in [-0.25, -0.2) is 4.18 Å². The molecule has 12 nitrogen and oxygen atoms in total. The molecule has 0 spiro atoms. The number of rotatable bonds is 59. The zero-order valence-corrected chi connectivity index (χ0v) is 50.9.